The van der Waals surface area contributed by atoms with Gasteiger partial charge >= 0.3 is 0 Å². The molecule has 0 fully saturated rings. The number of rotatable bonds is 6. The third-order valence-electron chi connectivity index (χ3n) is 22.6. The maximum Gasteiger partial charge on any atom is 0.145 e. The zero-order valence-electron chi connectivity index (χ0n) is 59.2. The molecule has 0 N–H and O–H groups in total. The zero-order chi connectivity index (χ0) is 74.1. The molecule has 0 unspecified atom stereocenters. The summed E-state index contributed by atoms with van der Waals surface area (Å²) in [5, 5.41) is 58.9. The maximum atomic E-state index is 10.4. The lowest BCUT2D eigenvalue weighted by atomic mass is 9.99. The second-order valence-corrected chi connectivity index (χ2v) is 28.7. The average Bonchev–Trinajstić information content (AvgIpc) is 1.65. The number of nitrogens with zero attached hydrogens (tertiary/aromatic N) is 8. The molecule has 0 saturated heterocycles. The normalized spacial score (nSPS) is 11.9. The quantitative estimate of drug-likeness (QED) is 0.159. The summed E-state index contributed by atoms with van der Waals surface area (Å²) in [5.74, 6) is 0. The van der Waals surface area contributed by atoms with Gasteiger partial charge in [-0.25, -0.2) is 0 Å². The Morgan fingerprint density at radius 2 is 0.446 bits per heavy atom. The van der Waals surface area contributed by atoms with E-state index >= 15 is 0 Å². The van der Waals surface area contributed by atoms with Gasteiger partial charge in [0, 0.05) is 98.2 Å². The summed E-state index contributed by atoms with van der Waals surface area (Å²) in [6.07, 6.45) is 0. The van der Waals surface area contributed by atoms with Crippen LogP contribution in [0.25, 0.3) is 220 Å². The standard InChI is InChI=1S/2C50H26N4O2/c51-27-29-21-31(25-33(23-29)53-41-13-5-1-11-39(41)47-43(53)19-17-37-35-9-3-7-15-45(35)55-49(37)47)32-22-30(28-52)24-34(26-32)54-42-14-6-2-12-40(42)48-44(54)20-18-38-36-10-4-8-16-46(36)56-50(38)48;51-27-29-21-31(25-33(23-29)53-39-13-5-1-9-35(39)47-41(53)17-19-45-49(47)37-11-3-7-15-43(37)55-45)32-22-30(28-52)24-34(26-32)54-40-14-6-2-10-36(40)48-42(54)18-20-46-50(48)38-12-4-8-16-44(38)56-46/h2*1-26H. The number of benzene rings is 16. The Labute approximate surface area is 635 Å². The Morgan fingerprint density at radius 3 is 0.768 bits per heavy atom. The number of aromatic nitrogens is 4. The van der Waals surface area contributed by atoms with Gasteiger partial charge < -0.3 is 35.9 Å². The molecule has 516 valence electrons. The van der Waals surface area contributed by atoms with E-state index < -0.39 is 0 Å². The highest BCUT2D eigenvalue weighted by Crippen LogP contribution is 2.48. The van der Waals surface area contributed by atoms with Crippen molar-refractivity contribution >= 4 is 175 Å². The molecule has 0 aliphatic heterocycles. The van der Waals surface area contributed by atoms with Gasteiger partial charge in [-0.05, 0) is 192 Å². The Balaban J connectivity index is 0.000000134. The lowest BCUT2D eigenvalue weighted by molar-refractivity contribution is 0.669. The van der Waals surface area contributed by atoms with Gasteiger partial charge in [-0.2, -0.15) is 21.0 Å². The Morgan fingerprint density at radius 1 is 0.188 bits per heavy atom. The van der Waals surface area contributed by atoms with Gasteiger partial charge in [-0.15, -0.1) is 0 Å². The lowest BCUT2D eigenvalue weighted by Crippen LogP contribution is -1.98. The third-order valence-corrected chi connectivity index (χ3v) is 22.6. The fraction of sp³-hybridized carbons (Fsp3) is 0. The molecule has 0 saturated carbocycles. The number of fused-ring (bicyclic) bond motifs is 28. The second-order valence-electron chi connectivity index (χ2n) is 28.7. The summed E-state index contributed by atoms with van der Waals surface area (Å²) in [6.45, 7) is 0. The third kappa shape index (κ3) is 9.01. The van der Waals surface area contributed by atoms with Crippen LogP contribution in [0.5, 0.6) is 0 Å². The van der Waals surface area contributed by atoms with E-state index in [0.29, 0.717) is 22.3 Å². The van der Waals surface area contributed by atoms with Crippen molar-refractivity contribution in [1.29, 1.82) is 21.0 Å². The van der Waals surface area contributed by atoms with E-state index in [-0.39, 0.29) is 0 Å². The van der Waals surface area contributed by atoms with Crippen LogP contribution >= 0.6 is 0 Å². The molecule has 0 radical (unpaired) electrons. The van der Waals surface area contributed by atoms with Crippen molar-refractivity contribution in [3.63, 3.8) is 0 Å². The summed E-state index contributed by atoms with van der Waals surface area (Å²) in [7, 11) is 0. The van der Waals surface area contributed by atoms with Crippen molar-refractivity contribution in [3.05, 3.63) is 338 Å². The minimum atomic E-state index is 0.515. The molecule has 8 heterocycles. The molecule has 0 aliphatic rings. The molecule has 0 atom stereocenters. The molecule has 24 rings (SSSR count). The van der Waals surface area contributed by atoms with Gasteiger partial charge in [-0.3, -0.25) is 0 Å². The number of hydrogen-bond acceptors (Lipinski definition) is 8. The van der Waals surface area contributed by atoms with Crippen molar-refractivity contribution in [1.82, 2.24) is 18.3 Å². The van der Waals surface area contributed by atoms with Gasteiger partial charge in [0.25, 0.3) is 0 Å². The van der Waals surface area contributed by atoms with Crippen LogP contribution in [0.3, 0.4) is 0 Å². The first kappa shape index (κ1) is 62.1. The smallest absolute Gasteiger partial charge is 0.145 e. The van der Waals surface area contributed by atoms with E-state index in [4.69, 9.17) is 17.7 Å². The average molecular weight is 1430 g/mol. The van der Waals surface area contributed by atoms with Gasteiger partial charge in [0.05, 0.1) is 101 Å². The summed E-state index contributed by atoms with van der Waals surface area (Å²) < 4.78 is 34.6. The minimum Gasteiger partial charge on any atom is -0.456 e. The highest BCUT2D eigenvalue weighted by atomic mass is 16.3. The van der Waals surface area contributed by atoms with Crippen molar-refractivity contribution < 1.29 is 17.7 Å². The van der Waals surface area contributed by atoms with E-state index in [1.54, 1.807) is 0 Å². The number of furan rings is 4. The van der Waals surface area contributed by atoms with Crippen LogP contribution in [0.4, 0.5) is 0 Å². The first-order valence-corrected chi connectivity index (χ1v) is 36.9. The molecule has 16 aromatic carbocycles. The summed E-state index contributed by atoms with van der Waals surface area (Å²) >= 11 is 0. The van der Waals surface area contributed by atoms with Crippen molar-refractivity contribution in [2.45, 2.75) is 0 Å². The number of hydrogen-bond donors (Lipinski definition) is 0. The first-order valence-electron chi connectivity index (χ1n) is 36.9. The van der Waals surface area contributed by atoms with Crippen LogP contribution in [0.2, 0.25) is 0 Å². The molecular formula is C100H52N8O4. The van der Waals surface area contributed by atoms with Crippen molar-refractivity contribution in [2.24, 2.45) is 0 Å². The molecule has 0 spiro atoms. The van der Waals surface area contributed by atoms with E-state index in [1.165, 1.54) is 0 Å². The molecular weight excluding hydrogens is 1380 g/mol. The zero-order valence-corrected chi connectivity index (χ0v) is 59.2. The lowest BCUT2D eigenvalue weighted by Gasteiger charge is -2.14. The Bertz CT molecular complexity index is 7990. The topological polar surface area (TPSA) is 167 Å². The summed E-state index contributed by atoms with van der Waals surface area (Å²) in [5.41, 5.74) is 23.6. The molecule has 112 heavy (non-hydrogen) atoms. The molecule has 12 nitrogen and oxygen atoms in total. The van der Waals surface area contributed by atoms with E-state index in [1.807, 2.05) is 170 Å². The predicted octanol–water partition coefficient (Wildman–Crippen LogP) is 26.2. The van der Waals surface area contributed by atoms with E-state index in [0.717, 1.165) is 220 Å². The van der Waals surface area contributed by atoms with Crippen molar-refractivity contribution in [3.8, 4) is 69.3 Å². The number of para-hydroxylation sites is 8. The number of nitriles is 4. The fourth-order valence-electron chi connectivity index (χ4n) is 18.0. The molecule has 12 heteroatoms. The van der Waals surface area contributed by atoms with Crippen LogP contribution in [0.15, 0.2) is 333 Å². The maximum absolute atomic E-state index is 10.4. The SMILES string of the molecule is N#Cc1cc(-c2cc(C#N)cc(-n3c4ccccc4c4c5c(ccc43)oc3ccccc35)c2)cc(-n2c3ccccc3c3c4c(ccc32)oc2ccccc24)c1.N#Cc1cc(-c2cc(C#N)cc(-n3c4ccccc4c4c5oc6ccccc6c5ccc43)c2)cc(-n2c3ccccc3c3c4oc5ccccc5c4ccc32)c1. The van der Waals surface area contributed by atoms with Crippen LogP contribution in [-0.4, -0.2) is 18.3 Å². The Hall–Kier alpha value is -16.1. The second kappa shape index (κ2) is 23.7. The summed E-state index contributed by atoms with van der Waals surface area (Å²) in [4.78, 5) is 0. The largest absolute Gasteiger partial charge is 0.456 e. The summed E-state index contributed by atoms with van der Waals surface area (Å²) in [6, 6.07) is 116. The Kier molecular flexibility index (Phi) is 13.1. The highest BCUT2D eigenvalue weighted by molar-refractivity contribution is 6.30. The molecule has 0 amide bonds. The molecule has 0 aliphatic carbocycles. The molecule has 8 aromatic heterocycles. The van der Waals surface area contributed by atoms with Crippen LogP contribution in [-0.2, 0) is 0 Å². The van der Waals surface area contributed by atoms with E-state index in [9.17, 15) is 21.0 Å². The van der Waals surface area contributed by atoms with Crippen LogP contribution in [0.1, 0.15) is 22.3 Å². The fourth-order valence-corrected chi connectivity index (χ4v) is 18.0. The van der Waals surface area contributed by atoms with Gasteiger partial charge in [0.1, 0.15) is 44.7 Å². The van der Waals surface area contributed by atoms with E-state index in [2.05, 4.69) is 188 Å². The molecule has 0 bridgehead atoms. The first-order chi connectivity index (χ1) is 55.3. The van der Waals surface area contributed by atoms with Crippen LogP contribution < -0.4 is 0 Å². The minimum absolute atomic E-state index is 0.515. The highest BCUT2D eigenvalue weighted by Gasteiger charge is 2.26. The monoisotopic (exact) mass is 1430 g/mol. The van der Waals surface area contributed by atoms with Crippen molar-refractivity contribution in [2.75, 3.05) is 0 Å². The van der Waals surface area contributed by atoms with Gasteiger partial charge in [0.15, 0.2) is 0 Å². The predicted molar refractivity (Wildman–Crippen MR) is 449 cm³/mol. The van der Waals surface area contributed by atoms with Gasteiger partial charge in [0.2, 0.25) is 0 Å². The molecule has 24 aromatic rings. The van der Waals surface area contributed by atoms with Crippen LogP contribution in [0, 0.1) is 45.3 Å². The van der Waals surface area contributed by atoms with Gasteiger partial charge in [-0.1, -0.05) is 146 Å².